The van der Waals surface area contributed by atoms with Gasteiger partial charge >= 0.3 is 0 Å². The SMILES string of the molecule is C[C@@H]1OC(OC(N=C=S)c2ccccc2)[C@H](O)[C@H](O)[C@H]1O. The van der Waals surface area contributed by atoms with Crippen LogP contribution in [0.2, 0.25) is 0 Å². The summed E-state index contributed by atoms with van der Waals surface area (Å²) in [5.74, 6) is 0. The average molecular weight is 311 g/mol. The van der Waals surface area contributed by atoms with E-state index in [4.69, 9.17) is 9.47 Å². The van der Waals surface area contributed by atoms with Gasteiger partial charge < -0.3 is 24.8 Å². The van der Waals surface area contributed by atoms with Gasteiger partial charge in [0.25, 0.3) is 0 Å². The summed E-state index contributed by atoms with van der Waals surface area (Å²) >= 11 is 4.60. The standard InChI is InChI=1S/C14H17NO5S/c1-8-10(16)11(17)12(18)14(19-8)20-13(15-7-21)9-5-3-2-4-6-9/h2-6,8,10-14,16-18H,1H3/t8-,10-,11+,12+,13?,14?/m0/s1. The van der Waals surface area contributed by atoms with Crippen molar-refractivity contribution in [1.29, 1.82) is 0 Å². The molecule has 1 aromatic rings. The van der Waals surface area contributed by atoms with Gasteiger partial charge in [0.05, 0.1) is 11.3 Å². The van der Waals surface area contributed by atoms with E-state index in [1.165, 1.54) is 0 Å². The summed E-state index contributed by atoms with van der Waals surface area (Å²) in [5, 5.41) is 31.6. The molecule has 0 radical (unpaired) electrons. The first kappa shape index (κ1) is 16.2. The molecule has 114 valence electrons. The molecule has 21 heavy (non-hydrogen) atoms. The normalized spacial score (nSPS) is 34.0. The number of aliphatic hydroxyl groups is 3. The molecule has 6 nitrogen and oxygen atoms in total. The Kier molecular flexibility index (Phi) is 5.55. The first-order valence-corrected chi connectivity index (χ1v) is 6.92. The highest BCUT2D eigenvalue weighted by atomic mass is 32.1. The first-order valence-electron chi connectivity index (χ1n) is 6.51. The van der Waals surface area contributed by atoms with Crippen LogP contribution >= 0.6 is 12.2 Å². The molecule has 0 bridgehead atoms. The van der Waals surface area contributed by atoms with Crippen LogP contribution in [0.5, 0.6) is 0 Å². The molecular weight excluding hydrogens is 294 g/mol. The van der Waals surface area contributed by atoms with Gasteiger partial charge in [0.1, 0.15) is 18.3 Å². The molecule has 0 saturated carbocycles. The third-order valence-corrected chi connectivity index (χ3v) is 3.43. The number of thiocarbonyl (C=S) groups is 1. The zero-order valence-corrected chi connectivity index (χ0v) is 12.2. The Morgan fingerprint density at radius 1 is 1.19 bits per heavy atom. The van der Waals surface area contributed by atoms with Crippen molar-refractivity contribution in [2.45, 2.75) is 43.9 Å². The van der Waals surface area contributed by atoms with Gasteiger partial charge in [-0.05, 0) is 19.1 Å². The van der Waals surface area contributed by atoms with Gasteiger partial charge in [-0.3, -0.25) is 0 Å². The molecule has 1 fully saturated rings. The Morgan fingerprint density at radius 2 is 1.86 bits per heavy atom. The topological polar surface area (TPSA) is 91.5 Å². The van der Waals surface area contributed by atoms with Crippen molar-refractivity contribution in [2.24, 2.45) is 4.99 Å². The maximum atomic E-state index is 9.94. The van der Waals surface area contributed by atoms with Crippen LogP contribution in [-0.4, -0.2) is 51.2 Å². The van der Waals surface area contributed by atoms with Crippen molar-refractivity contribution < 1.29 is 24.8 Å². The average Bonchev–Trinajstić information content (AvgIpc) is 2.50. The smallest absolute Gasteiger partial charge is 0.189 e. The Labute approximate surface area is 127 Å². The van der Waals surface area contributed by atoms with E-state index in [2.05, 4.69) is 22.4 Å². The van der Waals surface area contributed by atoms with E-state index in [0.717, 1.165) is 0 Å². The number of nitrogens with zero attached hydrogens (tertiary/aromatic N) is 1. The van der Waals surface area contributed by atoms with E-state index < -0.39 is 36.9 Å². The fourth-order valence-corrected chi connectivity index (χ4v) is 2.20. The van der Waals surface area contributed by atoms with Gasteiger partial charge in [0.15, 0.2) is 12.5 Å². The van der Waals surface area contributed by atoms with Crippen LogP contribution in [-0.2, 0) is 9.47 Å². The number of benzene rings is 1. The Hall–Kier alpha value is -1.18. The second-order valence-corrected chi connectivity index (χ2v) is 4.98. The van der Waals surface area contributed by atoms with Gasteiger partial charge in [-0.1, -0.05) is 30.3 Å². The lowest BCUT2D eigenvalue weighted by Gasteiger charge is -2.39. The predicted molar refractivity (Wildman–Crippen MR) is 77.6 cm³/mol. The van der Waals surface area contributed by atoms with Gasteiger partial charge in [-0.25, -0.2) is 0 Å². The highest BCUT2D eigenvalue weighted by molar-refractivity contribution is 7.78. The largest absolute Gasteiger partial charge is 0.388 e. The fourth-order valence-electron chi connectivity index (χ4n) is 2.10. The van der Waals surface area contributed by atoms with E-state index in [1.54, 1.807) is 19.1 Å². The molecule has 1 aliphatic heterocycles. The summed E-state index contributed by atoms with van der Waals surface area (Å²) in [6.45, 7) is 1.58. The molecule has 0 aromatic heterocycles. The van der Waals surface area contributed by atoms with E-state index in [1.807, 2.05) is 18.2 Å². The van der Waals surface area contributed by atoms with Crippen LogP contribution in [0.15, 0.2) is 35.3 Å². The van der Waals surface area contributed by atoms with E-state index in [9.17, 15) is 15.3 Å². The van der Waals surface area contributed by atoms with Crippen molar-refractivity contribution in [1.82, 2.24) is 0 Å². The van der Waals surface area contributed by atoms with E-state index in [-0.39, 0.29) is 0 Å². The van der Waals surface area contributed by atoms with Crippen LogP contribution in [0.3, 0.4) is 0 Å². The van der Waals surface area contributed by atoms with Crippen LogP contribution in [0, 0.1) is 0 Å². The number of rotatable bonds is 4. The summed E-state index contributed by atoms with van der Waals surface area (Å²) in [7, 11) is 0. The Bertz CT molecular complexity index is 507. The minimum Gasteiger partial charge on any atom is -0.388 e. The number of aliphatic imine (C=N–C) groups is 1. The molecule has 3 N–H and O–H groups in total. The lowest BCUT2D eigenvalue weighted by atomic mass is 10.00. The summed E-state index contributed by atoms with van der Waals surface area (Å²) in [6, 6.07) is 9.03. The number of isothiocyanates is 1. The lowest BCUT2D eigenvalue weighted by Crippen LogP contribution is -2.57. The zero-order chi connectivity index (χ0) is 15.4. The molecule has 2 rings (SSSR count). The first-order chi connectivity index (χ1) is 10.0. The summed E-state index contributed by atoms with van der Waals surface area (Å²) in [6.07, 6.45) is -6.53. The van der Waals surface area contributed by atoms with Crippen LogP contribution in [0.25, 0.3) is 0 Å². The maximum Gasteiger partial charge on any atom is 0.189 e. The van der Waals surface area contributed by atoms with Crippen LogP contribution < -0.4 is 0 Å². The number of hydrogen-bond acceptors (Lipinski definition) is 7. The second kappa shape index (κ2) is 7.20. The van der Waals surface area contributed by atoms with Crippen molar-refractivity contribution in [3.63, 3.8) is 0 Å². The van der Waals surface area contributed by atoms with Crippen molar-refractivity contribution >= 4 is 17.4 Å². The molecule has 1 aromatic carbocycles. The minimum atomic E-state index is -1.39. The highest BCUT2D eigenvalue weighted by Gasteiger charge is 2.43. The van der Waals surface area contributed by atoms with E-state index >= 15 is 0 Å². The molecule has 2 unspecified atom stereocenters. The lowest BCUT2D eigenvalue weighted by molar-refractivity contribution is -0.304. The third kappa shape index (κ3) is 3.72. The summed E-state index contributed by atoms with van der Waals surface area (Å²) in [4.78, 5) is 3.90. The monoisotopic (exact) mass is 311 g/mol. The Balaban J connectivity index is 2.15. The van der Waals surface area contributed by atoms with Gasteiger partial charge in [-0.15, -0.1) is 0 Å². The zero-order valence-electron chi connectivity index (χ0n) is 11.4. The quantitative estimate of drug-likeness (QED) is 0.558. The molecule has 0 spiro atoms. The number of aliphatic hydroxyl groups excluding tert-OH is 3. The molecule has 1 heterocycles. The molecule has 0 amide bonds. The highest BCUT2D eigenvalue weighted by Crippen LogP contribution is 2.27. The van der Waals surface area contributed by atoms with Crippen molar-refractivity contribution in [2.75, 3.05) is 0 Å². The fraction of sp³-hybridized carbons (Fsp3) is 0.500. The molecule has 7 heteroatoms. The summed E-state index contributed by atoms with van der Waals surface area (Å²) in [5.41, 5.74) is 0.707. The second-order valence-electron chi connectivity index (χ2n) is 4.80. The molecule has 1 saturated heterocycles. The van der Waals surface area contributed by atoms with Gasteiger partial charge in [0, 0.05) is 5.56 Å². The van der Waals surface area contributed by atoms with Crippen molar-refractivity contribution in [3.8, 4) is 0 Å². The molecule has 6 atom stereocenters. The number of hydrogen-bond donors (Lipinski definition) is 3. The molecular formula is C14H17NO5S. The van der Waals surface area contributed by atoms with Gasteiger partial charge in [0.2, 0.25) is 0 Å². The number of ether oxygens (including phenoxy) is 2. The van der Waals surface area contributed by atoms with Crippen molar-refractivity contribution in [3.05, 3.63) is 35.9 Å². The van der Waals surface area contributed by atoms with E-state index in [0.29, 0.717) is 5.56 Å². The molecule has 1 aliphatic rings. The molecule has 0 aliphatic carbocycles. The predicted octanol–water partition coefficient (Wildman–Crippen LogP) is 0.632. The summed E-state index contributed by atoms with van der Waals surface area (Å²) < 4.78 is 11.0. The minimum absolute atomic E-state index is 0.679. The van der Waals surface area contributed by atoms with Crippen LogP contribution in [0.4, 0.5) is 0 Å². The Morgan fingerprint density at radius 3 is 2.48 bits per heavy atom. The van der Waals surface area contributed by atoms with Gasteiger partial charge in [-0.2, -0.15) is 4.99 Å². The van der Waals surface area contributed by atoms with Crippen LogP contribution in [0.1, 0.15) is 18.7 Å². The maximum absolute atomic E-state index is 9.94. The third-order valence-electron chi connectivity index (χ3n) is 3.33.